The van der Waals surface area contributed by atoms with Crippen molar-refractivity contribution in [2.45, 2.75) is 37.6 Å². The highest BCUT2D eigenvalue weighted by atomic mass is 32.2. The quantitative estimate of drug-likeness (QED) is 0.509. The number of pyridine rings is 2. The zero-order valence-electron chi connectivity index (χ0n) is 19.1. The fraction of sp³-hybridized carbons (Fsp3) is 0.292. The number of phenols is 1. The Balaban J connectivity index is 1.80. The van der Waals surface area contributed by atoms with Crippen molar-refractivity contribution in [1.29, 1.82) is 0 Å². The van der Waals surface area contributed by atoms with Crippen molar-refractivity contribution in [2.75, 3.05) is 11.4 Å². The Hall–Kier alpha value is -3.66. The van der Waals surface area contributed by atoms with Crippen molar-refractivity contribution >= 4 is 21.7 Å². The molecule has 1 amide bonds. The molecule has 3 N–H and O–H groups in total. The van der Waals surface area contributed by atoms with E-state index in [-0.39, 0.29) is 16.9 Å². The monoisotopic (exact) mass is 482 g/mol. The molecule has 2 aromatic heterocycles. The van der Waals surface area contributed by atoms with Crippen LogP contribution < -0.4 is 15.2 Å². The Morgan fingerprint density at radius 2 is 1.91 bits per heavy atom. The maximum atomic E-state index is 13.2. The number of aromatic amines is 1. The van der Waals surface area contributed by atoms with Crippen molar-refractivity contribution in [3.63, 3.8) is 0 Å². The first-order valence-electron chi connectivity index (χ1n) is 10.8. The summed E-state index contributed by atoms with van der Waals surface area (Å²) < 4.78 is 27.5. The molecule has 178 valence electrons. The van der Waals surface area contributed by atoms with Crippen molar-refractivity contribution in [3.05, 3.63) is 70.6 Å². The second-order valence-corrected chi connectivity index (χ2v) is 10.5. The Labute approximate surface area is 197 Å². The number of rotatable bonds is 5. The molecule has 1 fully saturated rings. The van der Waals surface area contributed by atoms with Gasteiger partial charge in [-0.25, -0.2) is 18.1 Å². The lowest BCUT2D eigenvalue weighted by Crippen LogP contribution is -2.44. The fourth-order valence-corrected chi connectivity index (χ4v) is 5.16. The molecule has 1 unspecified atom stereocenters. The summed E-state index contributed by atoms with van der Waals surface area (Å²) in [5.74, 6) is -0.251. The molecule has 1 aromatic carbocycles. The van der Waals surface area contributed by atoms with Crippen LogP contribution in [0.5, 0.6) is 5.75 Å². The lowest BCUT2D eigenvalue weighted by molar-refractivity contribution is 0.0981. The zero-order valence-corrected chi connectivity index (χ0v) is 19.9. The van der Waals surface area contributed by atoms with Crippen LogP contribution in [0.25, 0.3) is 11.3 Å². The average Bonchev–Trinajstić information content (AvgIpc) is 3.05. The van der Waals surface area contributed by atoms with Gasteiger partial charge in [-0.3, -0.25) is 9.59 Å². The number of carbonyl (C=O) groups is 1. The van der Waals surface area contributed by atoms with Crippen molar-refractivity contribution in [1.82, 2.24) is 14.7 Å². The van der Waals surface area contributed by atoms with E-state index in [9.17, 15) is 23.1 Å². The van der Waals surface area contributed by atoms with E-state index in [1.807, 2.05) is 23.5 Å². The molecular formula is C24H26N4O5S. The van der Waals surface area contributed by atoms with E-state index >= 15 is 0 Å². The number of phenolic OH excluding ortho intramolecular Hbond substituents is 1. The highest BCUT2D eigenvalue weighted by Crippen LogP contribution is 2.40. The van der Waals surface area contributed by atoms with Gasteiger partial charge in [0.25, 0.3) is 21.5 Å². The second-order valence-electron chi connectivity index (χ2n) is 8.88. The van der Waals surface area contributed by atoms with E-state index < -0.39 is 26.4 Å². The maximum Gasteiger partial charge on any atom is 0.269 e. The molecule has 1 aliphatic rings. The molecule has 0 bridgehead atoms. The fourth-order valence-electron chi connectivity index (χ4n) is 4.13. The van der Waals surface area contributed by atoms with Gasteiger partial charge in [-0.15, -0.1) is 0 Å². The van der Waals surface area contributed by atoms with Crippen LogP contribution in [0.2, 0.25) is 0 Å². The number of hydrogen-bond donors (Lipinski definition) is 3. The van der Waals surface area contributed by atoms with Crippen molar-refractivity contribution in [3.8, 4) is 17.0 Å². The highest BCUT2D eigenvalue weighted by molar-refractivity contribution is 7.90. The van der Waals surface area contributed by atoms with Crippen molar-refractivity contribution < 1.29 is 18.3 Å². The third kappa shape index (κ3) is 4.16. The van der Waals surface area contributed by atoms with E-state index in [1.165, 1.54) is 18.3 Å². The number of carbonyl (C=O) groups excluding carboxylic acids is 1. The van der Waals surface area contributed by atoms with Gasteiger partial charge in [0.1, 0.15) is 11.6 Å². The van der Waals surface area contributed by atoms with E-state index in [0.29, 0.717) is 29.5 Å². The van der Waals surface area contributed by atoms with Crippen LogP contribution in [0.1, 0.15) is 37.6 Å². The summed E-state index contributed by atoms with van der Waals surface area (Å²) >= 11 is 0. The second kappa shape index (κ2) is 8.60. The molecule has 3 aromatic rings. The number of nitrogens with zero attached hydrogens (tertiary/aromatic N) is 2. The molecule has 0 radical (unpaired) electrons. The van der Waals surface area contributed by atoms with Crippen LogP contribution in [-0.4, -0.2) is 41.5 Å². The number of benzene rings is 1. The summed E-state index contributed by atoms with van der Waals surface area (Å²) in [6.45, 7) is 6.82. The van der Waals surface area contributed by atoms with Crippen LogP contribution >= 0.6 is 0 Å². The number of aromatic hydroxyl groups is 1. The molecule has 34 heavy (non-hydrogen) atoms. The molecule has 1 saturated heterocycles. The number of amides is 1. The third-order valence-corrected chi connectivity index (χ3v) is 7.90. The minimum absolute atomic E-state index is 0.0399. The van der Waals surface area contributed by atoms with Crippen LogP contribution in [-0.2, 0) is 10.0 Å². The van der Waals surface area contributed by atoms with Gasteiger partial charge in [0.05, 0.1) is 11.3 Å². The first-order chi connectivity index (χ1) is 16.0. The predicted molar refractivity (Wildman–Crippen MR) is 128 cm³/mol. The minimum atomic E-state index is -4.42. The molecule has 1 atom stereocenters. The molecule has 3 heterocycles. The van der Waals surface area contributed by atoms with E-state index in [1.54, 1.807) is 30.3 Å². The third-order valence-electron chi connectivity index (χ3n) is 6.54. The maximum absolute atomic E-state index is 13.2. The number of hydrogen-bond acceptors (Lipinski definition) is 7. The van der Waals surface area contributed by atoms with Gasteiger partial charge < -0.3 is 15.0 Å². The van der Waals surface area contributed by atoms with Gasteiger partial charge >= 0.3 is 0 Å². The number of sulfonamides is 1. The summed E-state index contributed by atoms with van der Waals surface area (Å²) in [5, 5.41) is 10.3. The molecule has 4 rings (SSSR count). The van der Waals surface area contributed by atoms with E-state index in [4.69, 9.17) is 4.98 Å². The van der Waals surface area contributed by atoms with Crippen LogP contribution in [0.4, 0.5) is 5.82 Å². The summed E-state index contributed by atoms with van der Waals surface area (Å²) in [7, 11) is -4.42. The first kappa shape index (κ1) is 23.5. The van der Waals surface area contributed by atoms with E-state index in [2.05, 4.69) is 11.9 Å². The zero-order chi connectivity index (χ0) is 24.7. The molecule has 1 aliphatic heterocycles. The van der Waals surface area contributed by atoms with Crippen LogP contribution in [0, 0.1) is 5.92 Å². The molecule has 0 aliphatic carbocycles. The van der Waals surface area contributed by atoms with Crippen LogP contribution in [0.3, 0.4) is 0 Å². The molecule has 0 saturated carbocycles. The van der Waals surface area contributed by atoms with Gasteiger partial charge in [-0.05, 0) is 62.6 Å². The minimum Gasteiger partial charge on any atom is -0.507 e. The Bertz CT molecular complexity index is 1410. The Morgan fingerprint density at radius 3 is 2.56 bits per heavy atom. The smallest absolute Gasteiger partial charge is 0.269 e. The van der Waals surface area contributed by atoms with Crippen LogP contribution in [0.15, 0.2) is 64.4 Å². The predicted octanol–water partition coefficient (Wildman–Crippen LogP) is 2.89. The molecular weight excluding hydrogens is 456 g/mol. The largest absolute Gasteiger partial charge is 0.507 e. The topological polar surface area (TPSA) is 132 Å². The number of anilines is 1. The Morgan fingerprint density at radius 1 is 1.18 bits per heavy atom. The summed E-state index contributed by atoms with van der Waals surface area (Å²) in [6, 6.07) is 12.3. The SMILES string of the molecule is CC1CCN(c2nc(-c3ccccc3O)ccc2C(=O)NS(=O)(=O)c2ccc[nH]c2=O)C1(C)C. The summed E-state index contributed by atoms with van der Waals surface area (Å²) in [5.41, 5.74) is -0.191. The average molecular weight is 483 g/mol. The highest BCUT2D eigenvalue weighted by Gasteiger charge is 2.41. The number of H-pyrrole nitrogens is 1. The summed E-state index contributed by atoms with van der Waals surface area (Å²) in [6.07, 6.45) is 2.17. The number of aromatic nitrogens is 2. The standard InChI is InChI=1S/C24H26N4O5S/c1-15-12-14-28(24(15,2)3)21-17(10-11-18(26-21)16-7-4-5-8-19(16)29)22(30)27-34(32,33)20-9-6-13-25-23(20)31/h4-11,13,15,29H,12,14H2,1-3H3,(H,25,31)(H,27,30). The van der Waals surface area contributed by atoms with Crippen molar-refractivity contribution in [2.24, 2.45) is 5.92 Å². The molecule has 10 heteroatoms. The molecule has 9 nitrogen and oxygen atoms in total. The van der Waals surface area contributed by atoms with Gasteiger partial charge in [0, 0.05) is 23.8 Å². The normalized spacial score (nSPS) is 17.5. The number of nitrogens with one attached hydrogen (secondary N) is 2. The van der Waals surface area contributed by atoms with Gasteiger partial charge in [0.15, 0.2) is 4.90 Å². The summed E-state index contributed by atoms with van der Waals surface area (Å²) in [4.78, 5) is 33.6. The van der Waals surface area contributed by atoms with Gasteiger partial charge in [-0.2, -0.15) is 0 Å². The van der Waals surface area contributed by atoms with Gasteiger partial charge in [0.2, 0.25) is 0 Å². The number of para-hydroxylation sites is 1. The van der Waals surface area contributed by atoms with Gasteiger partial charge in [-0.1, -0.05) is 19.1 Å². The Kier molecular flexibility index (Phi) is 5.94. The lowest BCUT2D eigenvalue weighted by Gasteiger charge is -2.36. The first-order valence-corrected chi connectivity index (χ1v) is 12.3. The molecule has 0 spiro atoms. The lowest BCUT2D eigenvalue weighted by atomic mass is 9.90. The van der Waals surface area contributed by atoms with E-state index in [0.717, 1.165) is 12.5 Å².